The molecule has 0 bridgehead atoms. The minimum atomic E-state index is -0.0435. The van der Waals surface area contributed by atoms with E-state index in [4.69, 9.17) is 0 Å². The second-order valence-corrected chi connectivity index (χ2v) is 2.92. The molecule has 0 aliphatic carbocycles. The van der Waals surface area contributed by atoms with Crippen LogP contribution in [0.5, 0.6) is 0 Å². The predicted molar refractivity (Wildman–Crippen MR) is 52.7 cm³/mol. The van der Waals surface area contributed by atoms with Gasteiger partial charge >= 0.3 is 0 Å². The highest BCUT2D eigenvalue weighted by atomic mass is 16.1. The second kappa shape index (κ2) is 3.94. The van der Waals surface area contributed by atoms with Crippen molar-refractivity contribution in [3.05, 3.63) is 36.2 Å². The van der Waals surface area contributed by atoms with Crippen molar-refractivity contribution in [2.75, 3.05) is 6.54 Å². The molecule has 0 fully saturated rings. The van der Waals surface area contributed by atoms with E-state index in [1.807, 2.05) is 30.8 Å². The Hall–Kier alpha value is -1.51. The molecule has 0 saturated heterocycles. The Morgan fingerprint density at radius 1 is 1.77 bits per heavy atom. The fourth-order valence-corrected chi connectivity index (χ4v) is 1.11. The molecule has 1 heterocycles. The summed E-state index contributed by atoms with van der Waals surface area (Å²) in [6.07, 6.45) is 3.54. The average molecular weight is 178 g/mol. The van der Waals surface area contributed by atoms with E-state index in [0.29, 0.717) is 6.54 Å². The third kappa shape index (κ3) is 1.99. The minimum Gasteiger partial charge on any atom is -0.354 e. The number of carbonyl (C=O) groups is 1. The van der Waals surface area contributed by atoms with Crippen molar-refractivity contribution < 1.29 is 4.79 Å². The highest BCUT2D eigenvalue weighted by molar-refractivity contribution is 5.95. The average Bonchev–Trinajstić information content (AvgIpc) is 2.44. The number of carbonyl (C=O) groups excluding carboxylic acids is 1. The standard InChI is InChI=1S/C10H14N2O/c1-4-6-11-10(13)9-5-7-12(3)8(9)2/h4-5,7H,1,6H2,2-3H3,(H,11,13). The van der Waals surface area contributed by atoms with Gasteiger partial charge in [-0.05, 0) is 13.0 Å². The first-order chi connectivity index (χ1) is 6.16. The van der Waals surface area contributed by atoms with Gasteiger partial charge in [-0.2, -0.15) is 0 Å². The number of hydrogen-bond acceptors (Lipinski definition) is 1. The van der Waals surface area contributed by atoms with Crippen LogP contribution in [0.15, 0.2) is 24.9 Å². The summed E-state index contributed by atoms with van der Waals surface area (Å²) in [5.74, 6) is -0.0435. The van der Waals surface area contributed by atoms with Crippen LogP contribution in [0.25, 0.3) is 0 Å². The Kier molecular flexibility index (Phi) is 2.90. The molecule has 0 aliphatic heterocycles. The quantitative estimate of drug-likeness (QED) is 0.694. The lowest BCUT2D eigenvalue weighted by Gasteiger charge is -2.02. The molecule has 0 aliphatic rings. The Labute approximate surface area is 78.1 Å². The highest BCUT2D eigenvalue weighted by Gasteiger charge is 2.09. The van der Waals surface area contributed by atoms with Crippen LogP contribution < -0.4 is 5.32 Å². The third-order valence-electron chi connectivity index (χ3n) is 2.04. The molecule has 1 amide bonds. The number of amides is 1. The van der Waals surface area contributed by atoms with E-state index >= 15 is 0 Å². The zero-order valence-corrected chi connectivity index (χ0v) is 8.00. The van der Waals surface area contributed by atoms with Gasteiger partial charge in [-0.3, -0.25) is 4.79 Å². The number of aromatic nitrogens is 1. The lowest BCUT2D eigenvalue weighted by Crippen LogP contribution is -2.23. The molecular weight excluding hydrogens is 164 g/mol. The van der Waals surface area contributed by atoms with Crippen LogP contribution in [0.1, 0.15) is 16.1 Å². The maximum atomic E-state index is 11.5. The first kappa shape index (κ1) is 9.58. The molecule has 3 nitrogen and oxygen atoms in total. The summed E-state index contributed by atoms with van der Waals surface area (Å²) in [4.78, 5) is 11.5. The van der Waals surface area contributed by atoms with E-state index in [0.717, 1.165) is 11.3 Å². The van der Waals surface area contributed by atoms with E-state index in [1.165, 1.54) is 0 Å². The zero-order chi connectivity index (χ0) is 9.84. The van der Waals surface area contributed by atoms with Gasteiger partial charge in [0.1, 0.15) is 0 Å². The van der Waals surface area contributed by atoms with Crippen LogP contribution in [-0.2, 0) is 7.05 Å². The third-order valence-corrected chi connectivity index (χ3v) is 2.04. The van der Waals surface area contributed by atoms with E-state index in [1.54, 1.807) is 6.08 Å². The molecule has 1 aromatic heterocycles. The van der Waals surface area contributed by atoms with Crippen LogP contribution in [0.3, 0.4) is 0 Å². The second-order valence-electron chi connectivity index (χ2n) is 2.92. The topological polar surface area (TPSA) is 34.0 Å². The molecule has 1 N–H and O–H groups in total. The highest BCUT2D eigenvalue weighted by Crippen LogP contribution is 2.07. The largest absolute Gasteiger partial charge is 0.354 e. The first-order valence-electron chi connectivity index (χ1n) is 4.18. The van der Waals surface area contributed by atoms with Crippen LogP contribution in [0, 0.1) is 6.92 Å². The SMILES string of the molecule is C=CCNC(=O)c1ccn(C)c1C. The minimum absolute atomic E-state index is 0.0435. The summed E-state index contributed by atoms with van der Waals surface area (Å²) in [6.45, 7) is 5.96. The van der Waals surface area contributed by atoms with Gasteiger partial charge in [-0.25, -0.2) is 0 Å². The van der Waals surface area contributed by atoms with Crippen molar-refractivity contribution in [1.29, 1.82) is 0 Å². The molecule has 70 valence electrons. The summed E-state index contributed by atoms with van der Waals surface area (Å²) in [7, 11) is 1.92. The predicted octanol–water partition coefficient (Wildman–Crippen LogP) is 1.25. The first-order valence-corrected chi connectivity index (χ1v) is 4.18. The van der Waals surface area contributed by atoms with Gasteiger partial charge in [-0.15, -0.1) is 6.58 Å². The molecule has 0 saturated carbocycles. The molecule has 0 atom stereocenters. The van der Waals surface area contributed by atoms with Gasteiger partial charge in [0.2, 0.25) is 0 Å². The van der Waals surface area contributed by atoms with Crippen molar-refractivity contribution in [2.24, 2.45) is 7.05 Å². The van der Waals surface area contributed by atoms with Crippen LogP contribution in [0.4, 0.5) is 0 Å². The molecule has 3 heteroatoms. The summed E-state index contributed by atoms with van der Waals surface area (Å²) in [6, 6.07) is 1.81. The van der Waals surface area contributed by atoms with Gasteiger partial charge < -0.3 is 9.88 Å². The number of rotatable bonds is 3. The zero-order valence-electron chi connectivity index (χ0n) is 8.00. The summed E-state index contributed by atoms with van der Waals surface area (Å²) in [5.41, 5.74) is 1.70. The number of hydrogen-bond donors (Lipinski definition) is 1. The van der Waals surface area contributed by atoms with E-state index in [-0.39, 0.29) is 5.91 Å². The van der Waals surface area contributed by atoms with Crippen LogP contribution >= 0.6 is 0 Å². The lowest BCUT2D eigenvalue weighted by molar-refractivity contribution is 0.0957. The Morgan fingerprint density at radius 3 is 2.92 bits per heavy atom. The lowest BCUT2D eigenvalue weighted by atomic mass is 10.2. The molecule has 0 spiro atoms. The summed E-state index contributed by atoms with van der Waals surface area (Å²) < 4.78 is 1.92. The van der Waals surface area contributed by atoms with Gasteiger partial charge in [0.25, 0.3) is 5.91 Å². The van der Waals surface area contributed by atoms with E-state index in [2.05, 4.69) is 11.9 Å². The van der Waals surface area contributed by atoms with Crippen molar-refractivity contribution in [1.82, 2.24) is 9.88 Å². The molecule has 13 heavy (non-hydrogen) atoms. The summed E-state index contributed by atoms with van der Waals surface area (Å²) >= 11 is 0. The maximum Gasteiger partial charge on any atom is 0.253 e. The number of nitrogens with one attached hydrogen (secondary N) is 1. The molecule has 0 aromatic carbocycles. The molecular formula is C10H14N2O. The van der Waals surface area contributed by atoms with Crippen molar-refractivity contribution in [3.8, 4) is 0 Å². The Balaban J connectivity index is 2.77. The van der Waals surface area contributed by atoms with Crippen molar-refractivity contribution in [2.45, 2.75) is 6.92 Å². The van der Waals surface area contributed by atoms with Crippen LogP contribution in [-0.4, -0.2) is 17.0 Å². The van der Waals surface area contributed by atoms with Gasteiger partial charge in [0.05, 0.1) is 5.56 Å². The number of nitrogens with zero attached hydrogens (tertiary/aromatic N) is 1. The Bertz CT molecular complexity index is 326. The van der Waals surface area contributed by atoms with Crippen LogP contribution in [0.2, 0.25) is 0 Å². The molecule has 0 unspecified atom stereocenters. The molecule has 0 radical (unpaired) electrons. The summed E-state index contributed by atoms with van der Waals surface area (Å²) in [5, 5.41) is 2.73. The molecule has 1 rings (SSSR count). The fourth-order valence-electron chi connectivity index (χ4n) is 1.11. The smallest absolute Gasteiger partial charge is 0.253 e. The maximum absolute atomic E-state index is 11.5. The molecule has 1 aromatic rings. The van der Waals surface area contributed by atoms with Gasteiger partial charge in [0.15, 0.2) is 0 Å². The number of aryl methyl sites for hydroxylation is 1. The van der Waals surface area contributed by atoms with E-state index < -0.39 is 0 Å². The monoisotopic (exact) mass is 178 g/mol. The van der Waals surface area contributed by atoms with Crippen molar-refractivity contribution in [3.63, 3.8) is 0 Å². The van der Waals surface area contributed by atoms with Crippen molar-refractivity contribution >= 4 is 5.91 Å². The fraction of sp³-hybridized carbons (Fsp3) is 0.300. The van der Waals surface area contributed by atoms with E-state index in [9.17, 15) is 4.79 Å². The van der Waals surface area contributed by atoms with Gasteiger partial charge in [0, 0.05) is 25.5 Å². The van der Waals surface area contributed by atoms with Gasteiger partial charge in [-0.1, -0.05) is 6.08 Å². The Morgan fingerprint density at radius 2 is 2.46 bits per heavy atom. The normalized spacial score (nSPS) is 9.69.